The Bertz CT molecular complexity index is 539. The number of nitro groups is 1. The number of hydrogen-bond acceptors (Lipinski definition) is 6. The second kappa shape index (κ2) is 5.21. The van der Waals surface area contributed by atoms with E-state index in [9.17, 15) is 10.1 Å². The number of anilines is 1. The Morgan fingerprint density at radius 2 is 2.33 bits per heavy atom. The van der Waals surface area contributed by atoms with Gasteiger partial charge in [0.1, 0.15) is 18.0 Å². The number of pyridine rings is 1. The van der Waals surface area contributed by atoms with E-state index in [1.807, 2.05) is 0 Å². The van der Waals surface area contributed by atoms with E-state index in [1.54, 1.807) is 6.92 Å². The van der Waals surface area contributed by atoms with Crippen LogP contribution in [0.1, 0.15) is 11.4 Å². The molecule has 0 saturated carbocycles. The van der Waals surface area contributed by atoms with Crippen LogP contribution in [0.15, 0.2) is 18.6 Å². The predicted octanol–water partition coefficient (Wildman–Crippen LogP) is 1.07. The van der Waals surface area contributed by atoms with Gasteiger partial charge in [0.05, 0.1) is 11.0 Å². The van der Waals surface area contributed by atoms with Crippen molar-refractivity contribution >= 4 is 11.5 Å². The van der Waals surface area contributed by atoms with Crippen LogP contribution >= 0.6 is 0 Å². The standard InChI is InChI=1S/C10H12N6O2/c1-7-5-12-10(4-8(7)16(17)18)11-3-2-9-13-6-14-15-9/h4-6H,2-3H2,1H3,(H,11,12)(H,13,14,15). The van der Waals surface area contributed by atoms with Gasteiger partial charge in [0, 0.05) is 24.7 Å². The number of nitrogens with zero attached hydrogens (tertiary/aromatic N) is 4. The molecule has 2 rings (SSSR count). The first-order valence-electron chi connectivity index (χ1n) is 5.36. The van der Waals surface area contributed by atoms with Crippen LogP contribution in [0, 0.1) is 17.0 Å². The lowest BCUT2D eigenvalue weighted by Gasteiger charge is -2.04. The molecule has 2 aromatic rings. The van der Waals surface area contributed by atoms with Crippen molar-refractivity contribution in [1.82, 2.24) is 20.2 Å². The maximum Gasteiger partial charge on any atom is 0.277 e. The zero-order chi connectivity index (χ0) is 13.0. The molecule has 0 aliphatic rings. The SMILES string of the molecule is Cc1cnc(NCCc2ncn[nH]2)cc1[N+](=O)[O-]. The summed E-state index contributed by atoms with van der Waals surface area (Å²) in [5, 5.41) is 20.2. The molecule has 18 heavy (non-hydrogen) atoms. The van der Waals surface area contributed by atoms with Gasteiger partial charge in [0.2, 0.25) is 0 Å². The molecule has 0 atom stereocenters. The minimum Gasteiger partial charge on any atom is -0.369 e. The van der Waals surface area contributed by atoms with Crippen molar-refractivity contribution in [3.8, 4) is 0 Å². The average molecular weight is 248 g/mol. The second-order valence-electron chi connectivity index (χ2n) is 3.72. The first-order chi connectivity index (χ1) is 8.66. The largest absolute Gasteiger partial charge is 0.369 e. The molecule has 0 amide bonds. The highest BCUT2D eigenvalue weighted by Gasteiger charge is 2.11. The molecule has 8 heteroatoms. The van der Waals surface area contributed by atoms with Crippen LogP contribution in [0.5, 0.6) is 0 Å². The highest BCUT2D eigenvalue weighted by molar-refractivity contribution is 5.48. The van der Waals surface area contributed by atoms with Gasteiger partial charge in [0.15, 0.2) is 0 Å². The zero-order valence-electron chi connectivity index (χ0n) is 9.75. The van der Waals surface area contributed by atoms with Crippen LogP contribution in [0.2, 0.25) is 0 Å². The molecule has 8 nitrogen and oxygen atoms in total. The van der Waals surface area contributed by atoms with Gasteiger partial charge in [-0.05, 0) is 6.92 Å². The summed E-state index contributed by atoms with van der Waals surface area (Å²) in [4.78, 5) is 18.4. The number of hydrogen-bond donors (Lipinski definition) is 2. The summed E-state index contributed by atoms with van der Waals surface area (Å²) < 4.78 is 0. The van der Waals surface area contributed by atoms with Crippen LogP contribution in [0.4, 0.5) is 11.5 Å². The molecule has 0 spiro atoms. The van der Waals surface area contributed by atoms with E-state index in [0.29, 0.717) is 24.3 Å². The van der Waals surface area contributed by atoms with Gasteiger partial charge in [-0.25, -0.2) is 9.97 Å². The quantitative estimate of drug-likeness (QED) is 0.605. The fraction of sp³-hybridized carbons (Fsp3) is 0.300. The molecule has 0 aliphatic carbocycles. The van der Waals surface area contributed by atoms with Crippen LogP contribution in [0.25, 0.3) is 0 Å². The Morgan fingerprint density at radius 3 is 3.00 bits per heavy atom. The molecule has 94 valence electrons. The van der Waals surface area contributed by atoms with Gasteiger partial charge in [-0.2, -0.15) is 5.10 Å². The molecule has 0 radical (unpaired) electrons. The topological polar surface area (TPSA) is 110 Å². The zero-order valence-corrected chi connectivity index (χ0v) is 9.75. The second-order valence-corrected chi connectivity index (χ2v) is 3.72. The van der Waals surface area contributed by atoms with Crippen molar-refractivity contribution in [1.29, 1.82) is 0 Å². The van der Waals surface area contributed by atoms with Crippen LogP contribution < -0.4 is 5.32 Å². The summed E-state index contributed by atoms with van der Waals surface area (Å²) in [6.45, 7) is 2.23. The highest BCUT2D eigenvalue weighted by Crippen LogP contribution is 2.19. The number of aromatic nitrogens is 4. The molecule has 2 N–H and O–H groups in total. The maximum atomic E-state index is 10.8. The third-order valence-corrected chi connectivity index (χ3v) is 2.40. The van der Waals surface area contributed by atoms with Gasteiger partial charge < -0.3 is 5.32 Å². The summed E-state index contributed by atoms with van der Waals surface area (Å²) in [6.07, 6.45) is 3.56. The number of aromatic amines is 1. The van der Waals surface area contributed by atoms with Gasteiger partial charge >= 0.3 is 0 Å². The molecule has 2 aromatic heterocycles. The smallest absolute Gasteiger partial charge is 0.277 e. The van der Waals surface area contributed by atoms with E-state index in [1.165, 1.54) is 18.6 Å². The van der Waals surface area contributed by atoms with Crippen molar-refractivity contribution in [2.24, 2.45) is 0 Å². The monoisotopic (exact) mass is 248 g/mol. The first kappa shape index (κ1) is 12.0. The molecule has 0 aliphatic heterocycles. The van der Waals surface area contributed by atoms with E-state index in [2.05, 4.69) is 25.5 Å². The van der Waals surface area contributed by atoms with Gasteiger partial charge in [-0.3, -0.25) is 15.2 Å². The highest BCUT2D eigenvalue weighted by atomic mass is 16.6. The molecule has 2 heterocycles. The molecular weight excluding hydrogens is 236 g/mol. The third-order valence-electron chi connectivity index (χ3n) is 2.40. The number of nitrogens with one attached hydrogen (secondary N) is 2. The Hall–Kier alpha value is -2.51. The number of aryl methyl sites for hydroxylation is 1. The molecule has 0 saturated heterocycles. The van der Waals surface area contributed by atoms with Crippen LogP contribution in [-0.2, 0) is 6.42 Å². The fourth-order valence-electron chi connectivity index (χ4n) is 1.47. The van der Waals surface area contributed by atoms with Crippen molar-refractivity contribution in [2.45, 2.75) is 13.3 Å². The van der Waals surface area contributed by atoms with Gasteiger partial charge in [-0.15, -0.1) is 0 Å². The Morgan fingerprint density at radius 1 is 1.50 bits per heavy atom. The van der Waals surface area contributed by atoms with Crippen molar-refractivity contribution in [3.63, 3.8) is 0 Å². The molecule has 0 unspecified atom stereocenters. The average Bonchev–Trinajstić information content (AvgIpc) is 2.84. The Balaban J connectivity index is 1.97. The lowest BCUT2D eigenvalue weighted by atomic mass is 10.2. The van der Waals surface area contributed by atoms with E-state index >= 15 is 0 Å². The van der Waals surface area contributed by atoms with E-state index in [-0.39, 0.29) is 5.69 Å². The van der Waals surface area contributed by atoms with Crippen molar-refractivity contribution < 1.29 is 4.92 Å². The van der Waals surface area contributed by atoms with Gasteiger partial charge in [-0.1, -0.05) is 0 Å². The van der Waals surface area contributed by atoms with Crippen molar-refractivity contribution in [3.05, 3.63) is 40.1 Å². The third kappa shape index (κ3) is 2.78. The molecular formula is C10H12N6O2. The lowest BCUT2D eigenvalue weighted by molar-refractivity contribution is -0.385. The Labute approximate surface area is 103 Å². The normalized spacial score (nSPS) is 10.3. The fourth-order valence-corrected chi connectivity index (χ4v) is 1.47. The van der Waals surface area contributed by atoms with E-state index in [4.69, 9.17) is 0 Å². The molecule has 0 fully saturated rings. The lowest BCUT2D eigenvalue weighted by Crippen LogP contribution is -2.08. The van der Waals surface area contributed by atoms with E-state index in [0.717, 1.165) is 5.82 Å². The summed E-state index contributed by atoms with van der Waals surface area (Å²) >= 11 is 0. The van der Waals surface area contributed by atoms with Gasteiger partial charge in [0.25, 0.3) is 5.69 Å². The Kier molecular flexibility index (Phi) is 3.46. The minimum absolute atomic E-state index is 0.0622. The number of rotatable bonds is 5. The summed E-state index contributed by atoms with van der Waals surface area (Å²) in [6, 6.07) is 1.43. The maximum absolute atomic E-state index is 10.8. The predicted molar refractivity (Wildman–Crippen MR) is 64.2 cm³/mol. The van der Waals surface area contributed by atoms with Crippen LogP contribution in [-0.4, -0.2) is 31.6 Å². The molecule has 0 aromatic carbocycles. The molecule has 0 bridgehead atoms. The summed E-state index contributed by atoms with van der Waals surface area (Å²) in [5.41, 5.74) is 0.605. The van der Waals surface area contributed by atoms with Crippen LogP contribution in [0.3, 0.4) is 0 Å². The van der Waals surface area contributed by atoms with Crippen molar-refractivity contribution in [2.75, 3.05) is 11.9 Å². The summed E-state index contributed by atoms with van der Waals surface area (Å²) in [5.74, 6) is 1.23. The first-order valence-corrected chi connectivity index (χ1v) is 5.36. The summed E-state index contributed by atoms with van der Waals surface area (Å²) in [7, 11) is 0. The van der Waals surface area contributed by atoms with E-state index < -0.39 is 4.92 Å². The number of H-pyrrole nitrogens is 1. The minimum atomic E-state index is -0.418.